The molecule has 0 aliphatic carbocycles. The zero-order valence-electron chi connectivity index (χ0n) is 12.1. The van der Waals surface area contributed by atoms with Crippen LogP contribution in [0.15, 0.2) is 18.2 Å². The predicted molar refractivity (Wildman–Crippen MR) is 74.9 cm³/mol. The van der Waals surface area contributed by atoms with Gasteiger partial charge in [-0.15, -0.1) is 0 Å². The molecule has 0 spiro atoms. The van der Waals surface area contributed by atoms with Gasteiger partial charge in [-0.25, -0.2) is 4.39 Å². The molecule has 20 heavy (non-hydrogen) atoms. The standard InChI is InChI=1S/C15H19FN2O2/c1-8(2)13-14(19)17-10(4)15(20)18(13)12-7-5-6-11(16)9(12)3/h5-8,10,13H,1-4H3,(H,17,19). The Balaban J connectivity index is 2.55. The third-order valence-corrected chi connectivity index (χ3v) is 3.64. The minimum atomic E-state index is -0.612. The van der Waals surface area contributed by atoms with Crippen LogP contribution in [0.5, 0.6) is 0 Å². The molecule has 5 heteroatoms. The predicted octanol–water partition coefficient (Wildman–Crippen LogP) is 2.01. The molecule has 0 radical (unpaired) electrons. The van der Waals surface area contributed by atoms with Crippen LogP contribution >= 0.6 is 0 Å². The van der Waals surface area contributed by atoms with Crippen molar-refractivity contribution in [2.45, 2.75) is 39.8 Å². The summed E-state index contributed by atoms with van der Waals surface area (Å²) < 4.78 is 13.7. The summed E-state index contributed by atoms with van der Waals surface area (Å²) in [6, 6.07) is 3.37. The van der Waals surface area contributed by atoms with E-state index in [0.29, 0.717) is 11.3 Å². The van der Waals surface area contributed by atoms with E-state index in [9.17, 15) is 14.0 Å². The van der Waals surface area contributed by atoms with E-state index in [1.165, 1.54) is 11.0 Å². The summed E-state index contributed by atoms with van der Waals surface area (Å²) in [6.07, 6.45) is 0. The van der Waals surface area contributed by atoms with E-state index >= 15 is 0 Å². The summed E-state index contributed by atoms with van der Waals surface area (Å²) in [5, 5.41) is 2.67. The van der Waals surface area contributed by atoms with Gasteiger partial charge < -0.3 is 5.32 Å². The van der Waals surface area contributed by atoms with E-state index in [0.717, 1.165) is 0 Å². The van der Waals surface area contributed by atoms with Crippen LogP contribution in [0.1, 0.15) is 26.3 Å². The summed E-state index contributed by atoms with van der Waals surface area (Å²) in [6.45, 7) is 7.00. The van der Waals surface area contributed by atoms with E-state index in [-0.39, 0.29) is 23.5 Å². The maximum absolute atomic E-state index is 13.7. The second kappa shape index (κ2) is 5.23. The van der Waals surface area contributed by atoms with Crippen molar-refractivity contribution in [3.05, 3.63) is 29.6 Å². The number of nitrogens with one attached hydrogen (secondary N) is 1. The Morgan fingerprint density at radius 1 is 1.30 bits per heavy atom. The Bertz CT molecular complexity index is 557. The lowest BCUT2D eigenvalue weighted by Gasteiger charge is -2.40. The molecule has 1 aliphatic rings. The van der Waals surface area contributed by atoms with Gasteiger partial charge in [0.25, 0.3) is 0 Å². The van der Waals surface area contributed by atoms with Gasteiger partial charge in [-0.3, -0.25) is 14.5 Å². The van der Waals surface area contributed by atoms with Gasteiger partial charge >= 0.3 is 0 Å². The number of piperazine rings is 1. The van der Waals surface area contributed by atoms with Crippen LogP contribution in [0.4, 0.5) is 10.1 Å². The number of benzene rings is 1. The lowest BCUT2D eigenvalue weighted by atomic mass is 9.95. The second-order valence-corrected chi connectivity index (χ2v) is 5.51. The zero-order chi connectivity index (χ0) is 15.0. The average Bonchev–Trinajstić information content (AvgIpc) is 2.36. The van der Waals surface area contributed by atoms with Crippen LogP contribution < -0.4 is 10.2 Å². The lowest BCUT2D eigenvalue weighted by molar-refractivity contribution is -0.134. The zero-order valence-corrected chi connectivity index (χ0v) is 12.1. The number of anilines is 1. The summed E-state index contributed by atoms with van der Waals surface area (Å²) in [4.78, 5) is 26.0. The van der Waals surface area contributed by atoms with Crippen molar-refractivity contribution in [3.8, 4) is 0 Å². The minimum Gasteiger partial charge on any atom is -0.343 e. The van der Waals surface area contributed by atoms with Crippen LogP contribution in [0.3, 0.4) is 0 Å². The lowest BCUT2D eigenvalue weighted by Crippen LogP contribution is -2.64. The number of hydrogen-bond acceptors (Lipinski definition) is 2. The fourth-order valence-corrected chi connectivity index (χ4v) is 2.55. The molecule has 1 fully saturated rings. The number of nitrogens with zero attached hydrogens (tertiary/aromatic N) is 1. The topological polar surface area (TPSA) is 49.4 Å². The van der Waals surface area contributed by atoms with Crippen LogP contribution in [0.2, 0.25) is 0 Å². The third-order valence-electron chi connectivity index (χ3n) is 3.64. The van der Waals surface area contributed by atoms with Gasteiger partial charge in [0.15, 0.2) is 0 Å². The molecule has 1 aromatic carbocycles. The van der Waals surface area contributed by atoms with Crippen molar-refractivity contribution < 1.29 is 14.0 Å². The first-order valence-corrected chi connectivity index (χ1v) is 6.73. The molecule has 1 N–H and O–H groups in total. The molecule has 2 amide bonds. The van der Waals surface area contributed by atoms with Crippen molar-refractivity contribution in [2.75, 3.05) is 4.90 Å². The number of halogens is 1. The van der Waals surface area contributed by atoms with E-state index in [1.807, 2.05) is 13.8 Å². The highest BCUT2D eigenvalue weighted by atomic mass is 19.1. The molecule has 1 saturated heterocycles. The maximum atomic E-state index is 13.7. The number of amides is 2. The van der Waals surface area contributed by atoms with E-state index in [4.69, 9.17) is 0 Å². The molecule has 108 valence electrons. The average molecular weight is 278 g/mol. The highest BCUT2D eigenvalue weighted by Gasteiger charge is 2.41. The summed E-state index contributed by atoms with van der Waals surface area (Å²) in [7, 11) is 0. The first kappa shape index (κ1) is 14.5. The highest BCUT2D eigenvalue weighted by Crippen LogP contribution is 2.29. The van der Waals surface area contributed by atoms with Crippen LogP contribution in [0.25, 0.3) is 0 Å². The number of carbonyl (C=O) groups is 2. The van der Waals surface area contributed by atoms with Crippen LogP contribution in [0, 0.1) is 18.7 Å². The Hall–Kier alpha value is -1.91. The highest BCUT2D eigenvalue weighted by molar-refractivity contribution is 6.08. The quantitative estimate of drug-likeness (QED) is 0.899. The van der Waals surface area contributed by atoms with Crippen molar-refractivity contribution in [1.82, 2.24) is 5.32 Å². The fourth-order valence-electron chi connectivity index (χ4n) is 2.55. The Kier molecular flexibility index (Phi) is 3.79. The van der Waals surface area contributed by atoms with Gasteiger partial charge in [0, 0.05) is 5.56 Å². The maximum Gasteiger partial charge on any atom is 0.250 e. The smallest absolute Gasteiger partial charge is 0.250 e. The molecule has 1 heterocycles. The van der Waals surface area contributed by atoms with E-state index in [2.05, 4.69) is 5.32 Å². The molecule has 0 saturated carbocycles. The Morgan fingerprint density at radius 3 is 2.55 bits per heavy atom. The normalized spacial score (nSPS) is 23.2. The SMILES string of the molecule is Cc1c(F)cccc1N1C(=O)C(C)NC(=O)C1C(C)C. The molecular formula is C15H19FN2O2. The molecule has 0 aromatic heterocycles. The molecule has 2 atom stereocenters. The van der Waals surface area contributed by atoms with Gasteiger partial charge in [0.05, 0.1) is 5.69 Å². The number of rotatable bonds is 2. The molecule has 0 bridgehead atoms. The van der Waals surface area contributed by atoms with Gasteiger partial charge in [-0.05, 0) is 31.9 Å². The third kappa shape index (κ3) is 2.28. The van der Waals surface area contributed by atoms with Gasteiger partial charge in [-0.2, -0.15) is 0 Å². The van der Waals surface area contributed by atoms with Gasteiger partial charge in [0.1, 0.15) is 17.9 Å². The minimum absolute atomic E-state index is 0.0610. The van der Waals surface area contributed by atoms with E-state index in [1.54, 1.807) is 26.0 Å². The largest absolute Gasteiger partial charge is 0.343 e. The first-order chi connectivity index (χ1) is 9.34. The van der Waals surface area contributed by atoms with Gasteiger partial charge in [-0.1, -0.05) is 19.9 Å². The summed E-state index contributed by atoms with van der Waals surface area (Å²) >= 11 is 0. The van der Waals surface area contributed by atoms with E-state index < -0.39 is 12.1 Å². The monoisotopic (exact) mass is 278 g/mol. The molecule has 2 unspecified atom stereocenters. The number of carbonyl (C=O) groups excluding carboxylic acids is 2. The van der Waals surface area contributed by atoms with Gasteiger partial charge in [0.2, 0.25) is 11.8 Å². The van der Waals surface area contributed by atoms with Crippen LogP contribution in [-0.2, 0) is 9.59 Å². The first-order valence-electron chi connectivity index (χ1n) is 6.73. The molecule has 2 rings (SSSR count). The second-order valence-electron chi connectivity index (χ2n) is 5.51. The summed E-state index contributed by atoms with van der Waals surface area (Å²) in [5.74, 6) is -0.849. The Morgan fingerprint density at radius 2 is 1.95 bits per heavy atom. The molecule has 1 aliphatic heterocycles. The van der Waals surface area contributed by atoms with Crippen LogP contribution in [-0.4, -0.2) is 23.9 Å². The Labute approximate surface area is 118 Å². The van der Waals surface area contributed by atoms with Crippen molar-refractivity contribution in [3.63, 3.8) is 0 Å². The molecular weight excluding hydrogens is 259 g/mol. The van der Waals surface area contributed by atoms with Crippen molar-refractivity contribution in [2.24, 2.45) is 5.92 Å². The molecule has 4 nitrogen and oxygen atoms in total. The number of hydrogen-bond donors (Lipinski definition) is 1. The summed E-state index contributed by atoms with van der Waals surface area (Å²) in [5.41, 5.74) is 0.851. The van der Waals surface area contributed by atoms with Crippen molar-refractivity contribution in [1.29, 1.82) is 0 Å². The molecule has 1 aromatic rings. The fraction of sp³-hybridized carbons (Fsp3) is 0.467. The van der Waals surface area contributed by atoms with Crippen molar-refractivity contribution >= 4 is 17.5 Å².